The molecule has 1 aromatic heterocycles. The topological polar surface area (TPSA) is 51.4 Å². The van der Waals surface area contributed by atoms with E-state index in [-0.39, 0.29) is 0 Å². The molecular weight excluding hydrogens is 214 g/mol. The van der Waals surface area contributed by atoms with Crippen LogP contribution in [0, 0.1) is 0 Å². The van der Waals surface area contributed by atoms with E-state index in [4.69, 9.17) is 10.5 Å². The Balaban J connectivity index is 1.88. The minimum Gasteiger partial charge on any atom is -0.476 e. The van der Waals surface area contributed by atoms with Crippen LogP contribution in [0.1, 0.15) is 25.0 Å². The van der Waals surface area contributed by atoms with Crippen LogP contribution in [0.3, 0.4) is 0 Å². The number of nitrogens with zero attached hydrogens (tertiary/aromatic N) is 2. The number of rotatable bonds is 4. The van der Waals surface area contributed by atoms with Crippen LogP contribution in [0.5, 0.6) is 5.88 Å². The van der Waals surface area contributed by atoms with Gasteiger partial charge in [-0.25, -0.2) is 4.98 Å². The molecule has 0 spiro atoms. The number of hydrogen-bond donors (Lipinski definition) is 1. The molecule has 1 aliphatic heterocycles. The Morgan fingerprint density at radius 2 is 2.35 bits per heavy atom. The second-order valence-corrected chi connectivity index (χ2v) is 4.61. The fourth-order valence-electron chi connectivity index (χ4n) is 2.19. The summed E-state index contributed by atoms with van der Waals surface area (Å²) in [5.74, 6) is 0.687. The van der Waals surface area contributed by atoms with Gasteiger partial charge in [-0.2, -0.15) is 0 Å². The van der Waals surface area contributed by atoms with Crippen LogP contribution in [0.25, 0.3) is 0 Å². The Hall–Kier alpha value is -1.13. The Morgan fingerprint density at radius 3 is 3.12 bits per heavy atom. The second kappa shape index (κ2) is 5.98. The molecule has 0 saturated carbocycles. The van der Waals surface area contributed by atoms with Crippen molar-refractivity contribution in [3.05, 3.63) is 23.9 Å². The fourth-order valence-corrected chi connectivity index (χ4v) is 2.19. The highest BCUT2D eigenvalue weighted by atomic mass is 16.5. The molecule has 4 heteroatoms. The molecule has 1 aliphatic rings. The van der Waals surface area contributed by atoms with Crippen molar-refractivity contribution in [3.63, 3.8) is 0 Å². The van der Waals surface area contributed by atoms with Crippen molar-refractivity contribution < 1.29 is 4.74 Å². The lowest BCUT2D eigenvalue weighted by atomic mass is 10.0. The number of likely N-dealkylation sites (tertiary alicyclic amines) is 1. The van der Waals surface area contributed by atoms with Crippen LogP contribution in [0.4, 0.5) is 0 Å². The van der Waals surface area contributed by atoms with Crippen molar-refractivity contribution in [2.45, 2.75) is 31.8 Å². The highest BCUT2D eigenvalue weighted by Crippen LogP contribution is 2.16. The van der Waals surface area contributed by atoms with E-state index in [1.54, 1.807) is 0 Å². The van der Waals surface area contributed by atoms with Gasteiger partial charge in [0.05, 0.1) is 5.69 Å². The van der Waals surface area contributed by atoms with Crippen LogP contribution in [0.2, 0.25) is 0 Å². The number of nitrogens with two attached hydrogens (primary N) is 1. The van der Waals surface area contributed by atoms with Crippen LogP contribution < -0.4 is 10.5 Å². The number of aromatic nitrogens is 1. The largest absolute Gasteiger partial charge is 0.476 e. The third kappa shape index (κ3) is 3.41. The summed E-state index contributed by atoms with van der Waals surface area (Å²) in [6, 6.07) is 6.27. The Bertz CT molecular complexity index is 356. The molecule has 1 unspecified atom stereocenters. The molecule has 0 aliphatic carbocycles. The van der Waals surface area contributed by atoms with Crippen LogP contribution in [0.15, 0.2) is 18.2 Å². The van der Waals surface area contributed by atoms with Gasteiger partial charge in [0.15, 0.2) is 0 Å². The van der Waals surface area contributed by atoms with Gasteiger partial charge in [0.25, 0.3) is 0 Å². The average Bonchev–Trinajstić information content (AvgIpc) is 2.38. The summed E-state index contributed by atoms with van der Waals surface area (Å²) in [5.41, 5.74) is 6.43. The van der Waals surface area contributed by atoms with E-state index >= 15 is 0 Å². The molecule has 2 N–H and O–H groups in total. The van der Waals surface area contributed by atoms with E-state index in [9.17, 15) is 0 Å². The molecule has 1 fully saturated rings. The van der Waals surface area contributed by atoms with Gasteiger partial charge in [-0.1, -0.05) is 12.5 Å². The molecule has 1 saturated heterocycles. The molecule has 0 amide bonds. The molecule has 17 heavy (non-hydrogen) atoms. The number of hydrogen-bond acceptors (Lipinski definition) is 4. The highest BCUT2D eigenvalue weighted by Gasteiger charge is 2.19. The molecule has 0 bridgehead atoms. The van der Waals surface area contributed by atoms with E-state index < -0.39 is 0 Å². The summed E-state index contributed by atoms with van der Waals surface area (Å²) in [6.07, 6.45) is 3.82. The maximum atomic E-state index is 5.75. The average molecular weight is 235 g/mol. The van der Waals surface area contributed by atoms with E-state index in [0.717, 1.165) is 12.3 Å². The zero-order valence-corrected chi connectivity index (χ0v) is 10.4. The Kier molecular flexibility index (Phi) is 4.34. The number of likely N-dealkylation sites (N-methyl/N-ethyl adjacent to an activating group) is 1. The predicted octanol–water partition coefficient (Wildman–Crippen LogP) is 1.40. The van der Waals surface area contributed by atoms with Crippen molar-refractivity contribution >= 4 is 0 Å². The highest BCUT2D eigenvalue weighted by molar-refractivity contribution is 5.15. The van der Waals surface area contributed by atoms with Crippen LogP contribution >= 0.6 is 0 Å². The lowest BCUT2D eigenvalue weighted by Gasteiger charge is -2.31. The minimum atomic E-state index is 0.459. The first-order valence-electron chi connectivity index (χ1n) is 6.28. The molecule has 94 valence electrons. The summed E-state index contributed by atoms with van der Waals surface area (Å²) < 4.78 is 5.75. The van der Waals surface area contributed by atoms with Crippen molar-refractivity contribution in [3.8, 4) is 5.88 Å². The second-order valence-electron chi connectivity index (χ2n) is 4.61. The lowest BCUT2D eigenvalue weighted by Crippen LogP contribution is -2.40. The monoisotopic (exact) mass is 235 g/mol. The Morgan fingerprint density at radius 1 is 1.47 bits per heavy atom. The summed E-state index contributed by atoms with van der Waals surface area (Å²) in [6.45, 7) is 2.35. The normalized spacial score (nSPS) is 21.4. The molecule has 1 atom stereocenters. The molecule has 2 rings (SSSR count). The fraction of sp³-hybridized carbons (Fsp3) is 0.615. The van der Waals surface area contributed by atoms with Gasteiger partial charge in [-0.3, -0.25) is 0 Å². The summed E-state index contributed by atoms with van der Waals surface area (Å²) in [7, 11) is 2.16. The van der Waals surface area contributed by atoms with Gasteiger partial charge in [0.2, 0.25) is 5.88 Å². The van der Waals surface area contributed by atoms with Gasteiger partial charge in [0, 0.05) is 18.7 Å². The molecule has 2 heterocycles. The zero-order chi connectivity index (χ0) is 12.1. The summed E-state index contributed by atoms with van der Waals surface area (Å²) in [5, 5.41) is 0. The first-order valence-corrected chi connectivity index (χ1v) is 6.28. The third-order valence-electron chi connectivity index (χ3n) is 3.34. The van der Waals surface area contributed by atoms with Crippen LogP contribution in [-0.2, 0) is 6.54 Å². The van der Waals surface area contributed by atoms with Gasteiger partial charge in [-0.15, -0.1) is 0 Å². The third-order valence-corrected chi connectivity index (χ3v) is 3.34. The van der Waals surface area contributed by atoms with Gasteiger partial charge < -0.3 is 15.4 Å². The first kappa shape index (κ1) is 12.3. The molecule has 0 radical (unpaired) electrons. The SMILES string of the molecule is CN1CCCCC1COc1cccc(CN)n1. The molecule has 0 aromatic carbocycles. The zero-order valence-electron chi connectivity index (χ0n) is 10.4. The molecule has 1 aromatic rings. The van der Waals surface area contributed by atoms with Gasteiger partial charge in [-0.05, 0) is 32.5 Å². The predicted molar refractivity (Wildman–Crippen MR) is 67.9 cm³/mol. The van der Waals surface area contributed by atoms with E-state index in [0.29, 0.717) is 18.5 Å². The number of pyridine rings is 1. The number of ether oxygens (including phenoxy) is 1. The standard InChI is InChI=1S/C13H21N3O/c1-16-8-3-2-6-12(16)10-17-13-7-4-5-11(9-14)15-13/h4-5,7,12H,2-3,6,8-10,14H2,1H3. The summed E-state index contributed by atoms with van der Waals surface area (Å²) >= 11 is 0. The Labute approximate surface area is 103 Å². The van der Waals surface area contributed by atoms with Crippen molar-refractivity contribution in [1.29, 1.82) is 0 Å². The van der Waals surface area contributed by atoms with Gasteiger partial charge in [0.1, 0.15) is 6.61 Å². The van der Waals surface area contributed by atoms with Crippen LogP contribution in [-0.4, -0.2) is 36.1 Å². The van der Waals surface area contributed by atoms with E-state index in [1.165, 1.54) is 25.8 Å². The maximum Gasteiger partial charge on any atom is 0.213 e. The number of piperidine rings is 1. The van der Waals surface area contributed by atoms with Crippen molar-refractivity contribution in [2.24, 2.45) is 5.73 Å². The lowest BCUT2D eigenvalue weighted by molar-refractivity contribution is 0.122. The van der Waals surface area contributed by atoms with E-state index in [1.807, 2.05) is 18.2 Å². The first-order chi connectivity index (χ1) is 8.29. The maximum absolute atomic E-state index is 5.75. The van der Waals surface area contributed by atoms with Gasteiger partial charge >= 0.3 is 0 Å². The smallest absolute Gasteiger partial charge is 0.213 e. The minimum absolute atomic E-state index is 0.459. The van der Waals surface area contributed by atoms with Crippen molar-refractivity contribution in [1.82, 2.24) is 9.88 Å². The molecular formula is C13H21N3O. The summed E-state index contributed by atoms with van der Waals surface area (Å²) in [4.78, 5) is 6.71. The van der Waals surface area contributed by atoms with E-state index in [2.05, 4.69) is 16.9 Å². The van der Waals surface area contributed by atoms with Crippen molar-refractivity contribution in [2.75, 3.05) is 20.2 Å². The molecule has 4 nitrogen and oxygen atoms in total. The quantitative estimate of drug-likeness (QED) is 0.857.